The zero-order chi connectivity index (χ0) is 11.4. The minimum atomic E-state index is 0.215. The highest BCUT2D eigenvalue weighted by Gasteiger charge is 2.23. The topological polar surface area (TPSA) is 41.1 Å². The second-order valence-electron chi connectivity index (χ2n) is 5.45. The molecule has 0 aliphatic heterocycles. The van der Waals surface area contributed by atoms with E-state index >= 15 is 0 Å². The Morgan fingerprint density at radius 2 is 2.06 bits per heavy atom. The second kappa shape index (κ2) is 5.67. The van der Waals surface area contributed by atoms with Gasteiger partial charge in [0.05, 0.1) is 0 Å². The van der Waals surface area contributed by atoms with Gasteiger partial charge in [0.15, 0.2) is 0 Å². The van der Waals surface area contributed by atoms with Crippen LogP contribution in [-0.2, 0) is 4.79 Å². The summed E-state index contributed by atoms with van der Waals surface area (Å²) < 4.78 is 0. The summed E-state index contributed by atoms with van der Waals surface area (Å²) in [7, 11) is 0. The van der Waals surface area contributed by atoms with Gasteiger partial charge >= 0.3 is 0 Å². The predicted octanol–water partition coefficient (Wildman–Crippen LogP) is 1.68. The molecule has 2 N–H and O–H groups in total. The molecule has 2 aliphatic carbocycles. The number of carbonyl (C=O) groups is 1. The smallest absolute Gasteiger partial charge is 0.221 e. The molecule has 1 amide bonds. The van der Waals surface area contributed by atoms with Crippen LogP contribution in [0.5, 0.6) is 0 Å². The van der Waals surface area contributed by atoms with Gasteiger partial charge in [0, 0.05) is 25.6 Å². The highest BCUT2D eigenvalue weighted by molar-refractivity contribution is 5.76. The van der Waals surface area contributed by atoms with Crippen LogP contribution in [0.4, 0.5) is 0 Å². The lowest BCUT2D eigenvalue weighted by atomic mass is 9.98. The second-order valence-corrected chi connectivity index (χ2v) is 5.45. The van der Waals surface area contributed by atoms with Gasteiger partial charge in [0.1, 0.15) is 0 Å². The Balaban J connectivity index is 1.52. The molecule has 0 bridgehead atoms. The van der Waals surface area contributed by atoms with Gasteiger partial charge in [-0.25, -0.2) is 0 Å². The van der Waals surface area contributed by atoms with E-state index in [0.29, 0.717) is 12.5 Å². The number of rotatable bonds is 6. The first-order valence-electron chi connectivity index (χ1n) is 6.76. The maximum atomic E-state index is 11.6. The van der Waals surface area contributed by atoms with Gasteiger partial charge in [-0.3, -0.25) is 4.79 Å². The van der Waals surface area contributed by atoms with E-state index in [2.05, 4.69) is 17.6 Å². The summed E-state index contributed by atoms with van der Waals surface area (Å²) in [5.41, 5.74) is 0. The van der Waals surface area contributed by atoms with Crippen LogP contribution in [0.1, 0.15) is 45.4 Å². The molecule has 0 aromatic rings. The van der Waals surface area contributed by atoms with E-state index in [1.807, 2.05) is 0 Å². The Morgan fingerprint density at radius 1 is 1.25 bits per heavy atom. The van der Waals surface area contributed by atoms with Crippen molar-refractivity contribution >= 4 is 5.91 Å². The first-order valence-corrected chi connectivity index (χ1v) is 6.76. The van der Waals surface area contributed by atoms with Gasteiger partial charge in [0.2, 0.25) is 5.91 Å². The third-order valence-electron chi connectivity index (χ3n) is 3.96. The first kappa shape index (κ1) is 11.9. The number of amides is 1. The lowest BCUT2D eigenvalue weighted by Gasteiger charge is -2.15. The van der Waals surface area contributed by atoms with E-state index in [0.717, 1.165) is 24.9 Å². The van der Waals surface area contributed by atoms with Crippen molar-refractivity contribution in [3.8, 4) is 0 Å². The van der Waals surface area contributed by atoms with Crippen molar-refractivity contribution in [1.82, 2.24) is 10.6 Å². The molecule has 0 aromatic carbocycles. The molecule has 0 heterocycles. The summed E-state index contributed by atoms with van der Waals surface area (Å²) in [4.78, 5) is 11.6. The van der Waals surface area contributed by atoms with Gasteiger partial charge in [0.25, 0.3) is 0 Å². The molecule has 0 aromatic heterocycles. The van der Waals surface area contributed by atoms with Crippen molar-refractivity contribution in [2.45, 2.75) is 51.5 Å². The zero-order valence-electron chi connectivity index (χ0n) is 10.3. The minimum absolute atomic E-state index is 0.215. The van der Waals surface area contributed by atoms with Crippen LogP contribution in [0, 0.1) is 11.8 Å². The van der Waals surface area contributed by atoms with E-state index in [1.54, 1.807) is 0 Å². The fraction of sp³-hybridized carbons (Fsp3) is 0.923. The molecule has 2 unspecified atom stereocenters. The third kappa shape index (κ3) is 3.78. The van der Waals surface area contributed by atoms with Crippen LogP contribution < -0.4 is 10.6 Å². The summed E-state index contributed by atoms with van der Waals surface area (Å²) in [6, 6.07) is 0.711. The number of hydrogen-bond donors (Lipinski definition) is 2. The lowest BCUT2D eigenvalue weighted by molar-refractivity contribution is -0.121. The Labute approximate surface area is 98.4 Å². The molecule has 2 rings (SSSR count). The quantitative estimate of drug-likeness (QED) is 0.721. The van der Waals surface area contributed by atoms with Crippen LogP contribution in [0.2, 0.25) is 0 Å². The summed E-state index contributed by atoms with van der Waals surface area (Å²) >= 11 is 0. The van der Waals surface area contributed by atoms with E-state index in [4.69, 9.17) is 0 Å². The lowest BCUT2D eigenvalue weighted by Crippen LogP contribution is -2.32. The molecule has 0 saturated heterocycles. The zero-order valence-corrected chi connectivity index (χ0v) is 10.3. The highest BCUT2D eigenvalue weighted by atomic mass is 16.1. The summed E-state index contributed by atoms with van der Waals surface area (Å²) in [6.07, 6.45) is 7.19. The molecule has 0 spiro atoms. The van der Waals surface area contributed by atoms with Crippen molar-refractivity contribution in [1.29, 1.82) is 0 Å². The molecular weight excluding hydrogens is 200 g/mol. The molecule has 2 saturated carbocycles. The Hall–Kier alpha value is -0.570. The van der Waals surface area contributed by atoms with Crippen LogP contribution in [0.15, 0.2) is 0 Å². The molecule has 92 valence electrons. The molecule has 2 aliphatic rings. The standard InChI is InChI=1S/C13H24N2O/c1-10-3-2-4-11(10)9-15-13(16)7-8-14-12-5-6-12/h10-12,14H,2-9H2,1H3,(H,15,16). The van der Waals surface area contributed by atoms with Crippen molar-refractivity contribution < 1.29 is 4.79 Å². The predicted molar refractivity (Wildman–Crippen MR) is 65.2 cm³/mol. The van der Waals surface area contributed by atoms with Gasteiger partial charge in [-0.15, -0.1) is 0 Å². The minimum Gasteiger partial charge on any atom is -0.356 e. The molecular formula is C13H24N2O. The van der Waals surface area contributed by atoms with Crippen LogP contribution >= 0.6 is 0 Å². The fourth-order valence-corrected chi connectivity index (χ4v) is 2.54. The maximum Gasteiger partial charge on any atom is 0.221 e. The highest BCUT2D eigenvalue weighted by Crippen LogP contribution is 2.30. The van der Waals surface area contributed by atoms with E-state index in [1.165, 1.54) is 32.1 Å². The van der Waals surface area contributed by atoms with E-state index in [-0.39, 0.29) is 5.91 Å². The van der Waals surface area contributed by atoms with Gasteiger partial charge in [-0.2, -0.15) is 0 Å². The van der Waals surface area contributed by atoms with E-state index < -0.39 is 0 Å². The van der Waals surface area contributed by atoms with Crippen molar-refractivity contribution in [3.05, 3.63) is 0 Å². The molecule has 2 atom stereocenters. The Morgan fingerprint density at radius 3 is 2.69 bits per heavy atom. The van der Waals surface area contributed by atoms with Gasteiger partial charge in [-0.05, 0) is 31.1 Å². The maximum absolute atomic E-state index is 11.6. The van der Waals surface area contributed by atoms with Gasteiger partial charge < -0.3 is 10.6 Å². The molecule has 3 heteroatoms. The third-order valence-corrected chi connectivity index (χ3v) is 3.96. The summed E-state index contributed by atoms with van der Waals surface area (Å²) in [6.45, 7) is 4.04. The number of carbonyl (C=O) groups excluding carboxylic acids is 1. The molecule has 2 fully saturated rings. The Kier molecular flexibility index (Phi) is 4.22. The van der Waals surface area contributed by atoms with Crippen LogP contribution in [0.25, 0.3) is 0 Å². The average Bonchev–Trinajstić information content (AvgIpc) is 2.99. The number of hydrogen-bond acceptors (Lipinski definition) is 2. The largest absolute Gasteiger partial charge is 0.356 e. The van der Waals surface area contributed by atoms with Crippen molar-refractivity contribution in [3.63, 3.8) is 0 Å². The monoisotopic (exact) mass is 224 g/mol. The van der Waals surface area contributed by atoms with E-state index in [9.17, 15) is 4.79 Å². The van der Waals surface area contributed by atoms with Crippen molar-refractivity contribution in [2.24, 2.45) is 11.8 Å². The van der Waals surface area contributed by atoms with Crippen LogP contribution in [0.3, 0.4) is 0 Å². The SMILES string of the molecule is CC1CCCC1CNC(=O)CCNC1CC1. The number of nitrogens with one attached hydrogen (secondary N) is 2. The van der Waals surface area contributed by atoms with Crippen LogP contribution in [-0.4, -0.2) is 25.0 Å². The molecule has 16 heavy (non-hydrogen) atoms. The fourth-order valence-electron chi connectivity index (χ4n) is 2.54. The Bertz CT molecular complexity index is 238. The van der Waals surface area contributed by atoms with Gasteiger partial charge in [-0.1, -0.05) is 19.8 Å². The van der Waals surface area contributed by atoms with Crippen molar-refractivity contribution in [2.75, 3.05) is 13.1 Å². The summed E-state index contributed by atoms with van der Waals surface area (Å²) in [5, 5.41) is 6.43. The summed E-state index contributed by atoms with van der Waals surface area (Å²) in [5.74, 6) is 1.73. The normalized spacial score (nSPS) is 29.3. The average molecular weight is 224 g/mol. The first-order chi connectivity index (χ1) is 7.75. The molecule has 0 radical (unpaired) electrons. The molecule has 3 nitrogen and oxygen atoms in total.